The Kier molecular flexibility index (Phi) is 4.22. The van der Waals surface area contributed by atoms with E-state index in [9.17, 15) is 18.0 Å². The standard InChI is InChI=1S/C19H13N5O4S2/c25-16-12-5-1-2-6-13(12)17(26)23(16)9-10-30(27,28)19-22-24-11-15(21-18(24)29-19)14-7-3-4-8-20-14/h1-8,11H,9-10H2. The van der Waals surface area contributed by atoms with E-state index in [1.165, 1.54) is 4.52 Å². The van der Waals surface area contributed by atoms with E-state index < -0.39 is 27.4 Å². The fraction of sp³-hybridized carbons (Fsp3) is 0.105. The minimum absolute atomic E-state index is 0.117. The number of rotatable bonds is 5. The second kappa shape index (κ2) is 6.82. The highest BCUT2D eigenvalue weighted by atomic mass is 32.2. The molecule has 0 atom stereocenters. The van der Waals surface area contributed by atoms with Crippen LogP contribution in [0.1, 0.15) is 20.7 Å². The van der Waals surface area contributed by atoms with Crippen LogP contribution >= 0.6 is 11.3 Å². The van der Waals surface area contributed by atoms with Gasteiger partial charge in [-0.3, -0.25) is 19.5 Å². The number of carbonyl (C=O) groups excluding carboxylic acids is 2. The molecule has 2 amide bonds. The van der Waals surface area contributed by atoms with Crippen LogP contribution in [0.2, 0.25) is 0 Å². The lowest BCUT2D eigenvalue weighted by atomic mass is 10.1. The summed E-state index contributed by atoms with van der Waals surface area (Å²) in [4.78, 5) is 34.8. The van der Waals surface area contributed by atoms with E-state index in [0.29, 0.717) is 16.3 Å². The number of benzene rings is 1. The monoisotopic (exact) mass is 439 g/mol. The van der Waals surface area contributed by atoms with Crippen LogP contribution in [0, 0.1) is 0 Å². The second-order valence-electron chi connectivity index (χ2n) is 6.56. The van der Waals surface area contributed by atoms with Gasteiger partial charge in [-0.25, -0.2) is 17.9 Å². The summed E-state index contributed by atoms with van der Waals surface area (Å²) in [6, 6.07) is 11.9. The molecule has 0 saturated heterocycles. The third-order valence-corrected chi connectivity index (χ3v) is 7.74. The molecule has 5 rings (SSSR count). The second-order valence-corrected chi connectivity index (χ2v) is 9.80. The maximum absolute atomic E-state index is 12.7. The number of nitrogens with zero attached hydrogens (tertiary/aromatic N) is 5. The highest BCUT2D eigenvalue weighted by Crippen LogP contribution is 2.25. The summed E-state index contributed by atoms with van der Waals surface area (Å²) >= 11 is 0.928. The average molecular weight is 439 g/mol. The first-order chi connectivity index (χ1) is 14.4. The predicted octanol–water partition coefficient (Wildman–Crippen LogP) is 1.92. The number of sulfone groups is 1. The van der Waals surface area contributed by atoms with Crippen molar-refractivity contribution >= 4 is 37.9 Å². The van der Waals surface area contributed by atoms with Gasteiger partial charge in [0.1, 0.15) is 5.69 Å². The Bertz CT molecular complexity index is 1340. The Morgan fingerprint density at radius 1 is 0.933 bits per heavy atom. The highest BCUT2D eigenvalue weighted by molar-refractivity contribution is 7.93. The van der Waals surface area contributed by atoms with Crippen molar-refractivity contribution in [1.82, 2.24) is 24.5 Å². The van der Waals surface area contributed by atoms with Crippen LogP contribution in [-0.4, -0.2) is 57.0 Å². The maximum Gasteiger partial charge on any atom is 0.261 e. The van der Waals surface area contributed by atoms with Crippen LogP contribution in [0.4, 0.5) is 0 Å². The van der Waals surface area contributed by atoms with Gasteiger partial charge in [-0.2, -0.15) is 0 Å². The third-order valence-electron chi connectivity index (χ3n) is 4.68. The molecule has 0 fully saturated rings. The predicted molar refractivity (Wildman–Crippen MR) is 108 cm³/mol. The summed E-state index contributed by atoms with van der Waals surface area (Å²) in [5.41, 5.74) is 1.82. The zero-order chi connectivity index (χ0) is 20.9. The van der Waals surface area contributed by atoms with E-state index >= 15 is 0 Å². The van der Waals surface area contributed by atoms with Crippen molar-refractivity contribution in [2.75, 3.05) is 12.3 Å². The molecule has 0 radical (unpaired) electrons. The number of pyridine rings is 1. The van der Waals surface area contributed by atoms with Gasteiger partial charge in [-0.05, 0) is 24.3 Å². The van der Waals surface area contributed by atoms with Crippen molar-refractivity contribution in [3.63, 3.8) is 0 Å². The minimum Gasteiger partial charge on any atom is -0.273 e. The molecule has 11 heteroatoms. The summed E-state index contributed by atoms with van der Waals surface area (Å²) in [6.45, 7) is -0.240. The fourth-order valence-corrected chi connectivity index (χ4v) is 5.59. The number of amides is 2. The van der Waals surface area contributed by atoms with Gasteiger partial charge in [0, 0.05) is 12.7 Å². The van der Waals surface area contributed by atoms with Gasteiger partial charge in [-0.15, -0.1) is 5.10 Å². The van der Waals surface area contributed by atoms with Crippen molar-refractivity contribution in [3.8, 4) is 11.4 Å². The molecule has 4 aromatic rings. The van der Waals surface area contributed by atoms with Crippen molar-refractivity contribution in [2.45, 2.75) is 4.34 Å². The fourth-order valence-electron chi connectivity index (χ4n) is 3.19. The van der Waals surface area contributed by atoms with Crippen LogP contribution in [-0.2, 0) is 9.84 Å². The third kappa shape index (κ3) is 2.99. The lowest BCUT2D eigenvalue weighted by Gasteiger charge is -2.12. The van der Waals surface area contributed by atoms with E-state index in [-0.39, 0.29) is 22.0 Å². The number of imide groups is 1. The first-order valence-corrected chi connectivity index (χ1v) is 11.4. The summed E-state index contributed by atoms with van der Waals surface area (Å²) in [7, 11) is -3.81. The molecular weight excluding hydrogens is 426 g/mol. The van der Waals surface area contributed by atoms with Crippen LogP contribution in [0.25, 0.3) is 16.3 Å². The SMILES string of the molecule is O=C1c2ccccc2C(=O)N1CCS(=O)(=O)c1nn2cc(-c3ccccn3)nc2s1. The molecule has 9 nitrogen and oxygen atoms in total. The van der Waals surface area contributed by atoms with Crippen LogP contribution in [0.3, 0.4) is 0 Å². The average Bonchev–Trinajstić information content (AvgIpc) is 3.40. The Balaban J connectivity index is 1.36. The lowest BCUT2D eigenvalue weighted by molar-refractivity contribution is 0.0664. The number of carbonyl (C=O) groups is 2. The van der Waals surface area contributed by atoms with Gasteiger partial charge in [0.2, 0.25) is 19.1 Å². The van der Waals surface area contributed by atoms with Gasteiger partial charge in [0.05, 0.1) is 28.8 Å². The molecule has 1 aromatic carbocycles. The lowest BCUT2D eigenvalue weighted by Crippen LogP contribution is -2.34. The molecule has 30 heavy (non-hydrogen) atoms. The first kappa shape index (κ1) is 18.6. The van der Waals surface area contributed by atoms with Crippen molar-refractivity contribution in [1.29, 1.82) is 0 Å². The minimum atomic E-state index is -3.81. The molecule has 3 aromatic heterocycles. The number of fused-ring (bicyclic) bond motifs is 2. The van der Waals surface area contributed by atoms with E-state index in [0.717, 1.165) is 16.2 Å². The molecule has 0 aliphatic carbocycles. The molecule has 150 valence electrons. The van der Waals surface area contributed by atoms with E-state index in [4.69, 9.17) is 0 Å². The normalized spacial score (nSPS) is 13.9. The Morgan fingerprint density at radius 3 is 2.27 bits per heavy atom. The summed E-state index contributed by atoms with van der Waals surface area (Å²) in [5, 5.41) is 4.12. The van der Waals surface area contributed by atoms with E-state index in [1.807, 2.05) is 6.07 Å². The zero-order valence-electron chi connectivity index (χ0n) is 15.3. The highest BCUT2D eigenvalue weighted by Gasteiger charge is 2.36. The van der Waals surface area contributed by atoms with Crippen molar-refractivity contribution in [3.05, 3.63) is 66.0 Å². The Morgan fingerprint density at radius 2 is 1.63 bits per heavy atom. The largest absolute Gasteiger partial charge is 0.273 e. The topological polar surface area (TPSA) is 115 Å². The molecule has 1 aliphatic rings. The molecule has 0 N–H and O–H groups in total. The molecule has 1 aliphatic heterocycles. The van der Waals surface area contributed by atoms with Crippen LogP contribution in [0.15, 0.2) is 59.2 Å². The maximum atomic E-state index is 12.7. The van der Waals surface area contributed by atoms with Crippen LogP contribution in [0.5, 0.6) is 0 Å². The van der Waals surface area contributed by atoms with Gasteiger partial charge < -0.3 is 0 Å². The van der Waals surface area contributed by atoms with Gasteiger partial charge in [0.25, 0.3) is 11.8 Å². The molecular formula is C19H13N5O4S2. The molecule has 4 heterocycles. The zero-order valence-corrected chi connectivity index (χ0v) is 16.9. The quantitative estimate of drug-likeness (QED) is 0.436. The van der Waals surface area contributed by atoms with Gasteiger partial charge in [-0.1, -0.05) is 29.5 Å². The number of aromatic nitrogens is 4. The Labute approximate surface area is 174 Å². The molecule has 0 saturated carbocycles. The van der Waals surface area contributed by atoms with E-state index in [2.05, 4.69) is 15.1 Å². The molecule has 0 bridgehead atoms. The summed E-state index contributed by atoms with van der Waals surface area (Å²) in [6.07, 6.45) is 3.25. The molecule has 0 unspecified atom stereocenters. The van der Waals surface area contributed by atoms with Crippen molar-refractivity contribution in [2.24, 2.45) is 0 Å². The number of hydrogen-bond donors (Lipinski definition) is 0. The first-order valence-electron chi connectivity index (χ1n) is 8.90. The van der Waals surface area contributed by atoms with E-state index in [1.54, 1.807) is 48.8 Å². The number of imidazole rings is 1. The van der Waals surface area contributed by atoms with Crippen LogP contribution < -0.4 is 0 Å². The molecule has 0 spiro atoms. The van der Waals surface area contributed by atoms with Gasteiger partial charge >= 0.3 is 0 Å². The van der Waals surface area contributed by atoms with Crippen molar-refractivity contribution < 1.29 is 18.0 Å². The summed E-state index contributed by atoms with van der Waals surface area (Å²) in [5.74, 6) is -1.39. The smallest absolute Gasteiger partial charge is 0.261 e. The number of hydrogen-bond acceptors (Lipinski definition) is 8. The Hall–Kier alpha value is -3.44. The van der Waals surface area contributed by atoms with Gasteiger partial charge in [0.15, 0.2) is 0 Å². The summed E-state index contributed by atoms with van der Waals surface area (Å²) < 4.78 is 26.8.